The lowest BCUT2D eigenvalue weighted by Crippen LogP contribution is -2.44. The number of para-hydroxylation sites is 2. The Hall–Kier alpha value is -3.21. The van der Waals surface area contributed by atoms with Gasteiger partial charge in [-0.3, -0.25) is 9.59 Å². The van der Waals surface area contributed by atoms with Crippen LogP contribution in [0.3, 0.4) is 0 Å². The molecule has 29 heavy (non-hydrogen) atoms. The Morgan fingerprint density at radius 3 is 2.97 bits per heavy atom. The minimum absolute atomic E-state index is 0.0126. The summed E-state index contributed by atoms with van der Waals surface area (Å²) in [6.45, 7) is 3.25. The van der Waals surface area contributed by atoms with Crippen LogP contribution in [0.2, 0.25) is 0 Å². The van der Waals surface area contributed by atoms with Crippen LogP contribution in [0, 0.1) is 0 Å². The first-order valence-electron chi connectivity index (χ1n) is 9.74. The van der Waals surface area contributed by atoms with Crippen molar-refractivity contribution in [2.24, 2.45) is 0 Å². The molecular formula is C18H22N8O3. The van der Waals surface area contributed by atoms with E-state index in [1.165, 1.54) is 4.80 Å². The van der Waals surface area contributed by atoms with Crippen molar-refractivity contribution >= 4 is 29.1 Å². The molecule has 0 saturated carbocycles. The number of aromatic nitrogens is 4. The first kappa shape index (κ1) is 17.9. The van der Waals surface area contributed by atoms with Gasteiger partial charge in [-0.15, -0.1) is 5.10 Å². The number of carbonyl (C=O) groups excluding carboxylic acids is 2. The fraction of sp³-hybridized carbons (Fsp3) is 0.500. The zero-order valence-corrected chi connectivity index (χ0v) is 15.8. The van der Waals surface area contributed by atoms with Gasteiger partial charge in [0.15, 0.2) is 0 Å². The highest BCUT2D eigenvalue weighted by Gasteiger charge is 2.41. The molecule has 0 radical (unpaired) electrons. The molecule has 1 aromatic carbocycles. The van der Waals surface area contributed by atoms with Crippen molar-refractivity contribution in [2.45, 2.75) is 25.0 Å². The molecule has 2 saturated heterocycles. The molecule has 1 aromatic heterocycles. The molecule has 5 rings (SSSR count). The summed E-state index contributed by atoms with van der Waals surface area (Å²) in [4.78, 5) is 30.2. The Bertz CT molecular complexity index is 925. The maximum Gasteiger partial charge on any atom is 0.266 e. The van der Waals surface area contributed by atoms with Gasteiger partial charge >= 0.3 is 0 Å². The van der Waals surface area contributed by atoms with E-state index < -0.39 is 0 Å². The van der Waals surface area contributed by atoms with E-state index in [1.54, 1.807) is 0 Å². The zero-order chi connectivity index (χ0) is 19.8. The molecule has 2 aromatic rings. The molecule has 11 nitrogen and oxygen atoms in total. The molecule has 2 amide bonds. The van der Waals surface area contributed by atoms with Crippen LogP contribution in [0.4, 0.5) is 17.3 Å². The van der Waals surface area contributed by atoms with E-state index in [1.807, 2.05) is 29.2 Å². The van der Waals surface area contributed by atoms with Crippen molar-refractivity contribution < 1.29 is 14.3 Å². The molecule has 2 unspecified atom stereocenters. The number of anilines is 3. The fourth-order valence-corrected chi connectivity index (χ4v) is 4.09. The zero-order valence-electron chi connectivity index (χ0n) is 15.8. The molecule has 2 atom stereocenters. The number of amides is 2. The molecule has 3 aliphatic heterocycles. The minimum Gasteiger partial charge on any atom is -0.378 e. The number of nitrogens with one attached hydrogen (secondary N) is 2. The van der Waals surface area contributed by atoms with Crippen molar-refractivity contribution in [1.82, 2.24) is 25.5 Å². The Kier molecular flexibility index (Phi) is 4.51. The molecular weight excluding hydrogens is 376 g/mol. The van der Waals surface area contributed by atoms with E-state index in [-0.39, 0.29) is 30.4 Å². The number of fused-ring (bicyclic) bond motifs is 3. The second-order valence-corrected chi connectivity index (χ2v) is 7.39. The van der Waals surface area contributed by atoms with E-state index >= 15 is 0 Å². The molecule has 2 N–H and O–H groups in total. The number of rotatable bonds is 4. The quantitative estimate of drug-likeness (QED) is 0.689. The predicted octanol–water partition coefficient (Wildman–Crippen LogP) is -0.774. The highest BCUT2D eigenvalue weighted by atomic mass is 16.5. The number of hydrogen-bond donors (Lipinski definition) is 2. The maximum absolute atomic E-state index is 12.5. The monoisotopic (exact) mass is 398 g/mol. The summed E-state index contributed by atoms with van der Waals surface area (Å²) in [6, 6.07) is 7.32. The number of hydrogen-bond acceptors (Lipinski definition) is 8. The SMILES string of the molecule is O=C(Cn1nnc(N2CCOCC2)n1)NC1CC2C(=O)Nc3ccccc3N2C1. The molecule has 0 aliphatic carbocycles. The molecule has 0 spiro atoms. The highest BCUT2D eigenvalue weighted by molar-refractivity contribution is 6.04. The number of benzene rings is 1. The smallest absolute Gasteiger partial charge is 0.266 e. The van der Waals surface area contributed by atoms with Gasteiger partial charge in [0.2, 0.25) is 11.8 Å². The number of ether oxygens (including phenoxy) is 1. The first-order chi connectivity index (χ1) is 14.2. The molecule has 2 fully saturated rings. The van der Waals surface area contributed by atoms with Crippen molar-refractivity contribution in [3.05, 3.63) is 24.3 Å². The maximum atomic E-state index is 12.5. The third-order valence-corrected chi connectivity index (χ3v) is 5.46. The topological polar surface area (TPSA) is 118 Å². The van der Waals surface area contributed by atoms with Crippen molar-refractivity contribution in [3.8, 4) is 0 Å². The van der Waals surface area contributed by atoms with Gasteiger partial charge < -0.3 is 25.2 Å². The Balaban J connectivity index is 1.20. The van der Waals surface area contributed by atoms with Gasteiger partial charge in [0, 0.05) is 25.7 Å². The van der Waals surface area contributed by atoms with Crippen LogP contribution in [-0.4, -0.2) is 77.0 Å². The minimum atomic E-state index is -0.271. The van der Waals surface area contributed by atoms with Crippen LogP contribution in [0.1, 0.15) is 6.42 Å². The van der Waals surface area contributed by atoms with Crippen molar-refractivity contribution in [3.63, 3.8) is 0 Å². The summed E-state index contributed by atoms with van der Waals surface area (Å²) < 4.78 is 5.32. The fourth-order valence-electron chi connectivity index (χ4n) is 4.09. The summed E-state index contributed by atoms with van der Waals surface area (Å²) in [6.07, 6.45) is 0.565. The van der Waals surface area contributed by atoms with E-state index in [4.69, 9.17) is 4.74 Å². The van der Waals surface area contributed by atoms with Gasteiger partial charge in [-0.2, -0.15) is 4.80 Å². The molecule has 152 valence electrons. The summed E-state index contributed by atoms with van der Waals surface area (Å²) in [5.41, 5.74) is 1.80. The number of morpholine rings is 1. The van der Waals surface area contributed by atoms with E-state index in [9.17, 15) is 9.59 Å². The van der Waals surface area contributed by atoms with E-state index in [0.717, 1.165) is 11.4 Å². The Morgan fingerprint density at radius 1 is 1.28 bits per heavy atom. The van der Waals surface area contributed by atoms with Gasteiger partial charge in [0.1, 0.15) is 12.6 Å². The lowest BCUT2D eigenvalue weighted by molar-refractivity contribution is -0.123. The Labute approximate surface area is 167 Å². The normalized spacial score (nSPS) is 23.4. The highest BCUT2D eigenvalue weighted by Crippen LogP contribution is 2.36. The molecule has 11 heteroatoms. The standard InChI is InChI=1S/C18H22N8O3/c27-16(11-26-22-18(21-23-26)24-5-7-29-8-6-24)19-12-9-15-17(28)20-13-3-1-2-4-14(13)25(15)10-12/h1-4,12,15H,5-11H2,(H,19,27)(H,20,28). The largest absolute Gasteiger partial charge is 0.378 e. The summed E-state index contributed by atoms with van der Waals surface area (Å²) in [7, 11) is 0. The average molecular weight is 398 g/mol. The second-order valence-electron chi connectivity index (χ2n) is 7.39. The van der Waals surface area contributed by atoms with E-state index in [2.05, 4.69) is 30.9 Å². The molecule has 3 aliphatic rings. The predicted molar refractivity (Wildman–Crippen MR) is 104 cm³/mol. The summed E-state index contributed by atoms with van der Waals surface area (Å²) in [5, 5.41) is 18.2. The van der Waals surface area contributed by atoms with Gasteiger partial charge in [-0.1, -0.05) is 17.2 Å². The van der Waals surface area contributed by atoms with Gasteiger partial charge in [0.25, 0.3) is 5.95 Å². The summed E-state index contributed by atoms with van der Waals surface area (Å²) >= 11 is 0. The lowest BCUT2D eigenvalue weighted by atomic mass is 10.1. The number of carbonyl (C=O) groups is 2. The number of tetrazole rings is 1. The summed E-state index contributed by atoms with van der Waals surface area (Å²) in [5.74, 6) is 0.274. The van der Waals surface area contributed by atoms with Crippen LogP contribution in [0.15, 0.2) is 24.3 Å². The van der Waals surface area contributed by atoms with Crippen molar-refractivity contribution in [1.29, 1.82) is 0 Å². The van der Waals surface area contributed by atoms with Crippen LogP contribution in [0.25, 0.3) is 0 Å². The van der Waals surface area contributed by atoms with Crippen molar-refractivity contribution in [2.75, 3.05) is 48.0 Å². The molecule has 4 heterocycles. The van der Waals surface area contributed by atoms with Crippen LogP contribution >= 0.6 is 0 Å². The Morgan fingerprint density at radius 2 is 2.10 bits per heavy atom. The third kappa shape index (κ3) is 3.48. The van der Waals surface area contributed by atoms with Crippen LogP contribution in [0.5, 0.6) is 0 Å². The first-order valence-corrected chi connectivity index (χ1v) is 9.74. The number of nitrogens with zero attached hydrogens (tertiary/aromatic N) is 6. The third-order valence-electron chi connectivity index (χ3n) is 5.46. The van der Waals surface area contributed by atoms with Gasteiger partial charge in [-0.05, 0) is 23.8 Å². The second kappa shape index (κ2) is 7.32. The van der Waals surface area contributed by atoms with E-state index in [0.29, 0.717) is 45.2 Å². The van der Waals surface area contributed by atoms with Gasteiger partial charge in [-0.25, -0.2) is 0 Å². The lowest BCUT2D eigenvalue weighted by Gasteiger charge is -2.32. The van der Waals surface area contributed by atoms with Gasteiger partial charge in [0.05, 0.1) is 24.6 Å². The van der Waals surface area contributed by atoms with Crippen LogP contribution in [-0.2, 0) is 20.9 Å². The average Bonchev–Trinajstić information content (AvgIpc) is 3.36. The van der Waals surface area contributed by atoms with Crippen LogP contribution < -0.4 is 20.4 Å². The molecule has 0 bridgehead atoms.